The van der Waals surface area contributed by atoms with Crippen LogP contribution in [0.15, 0.2) is 66.9 Å². The van der Waals surface area contributed by atoms with Crippen LogP contribution in [0.4, 0.5) is 11.4 Å². The van der Waals surface area contributed by atoms with Crippen LogP contribution in [0.1, 0.15) is 35.9 Å². The smallest absolute Gasteiger partial charge is 0.257 e. The molecular formula is C25H28N4O3. The summed E-state index contributed by atoms with van der Waals surface area (Å²) in [5, 5.41) is 5.80. The van der Waals surface area contributed by atoms with Gasteiger partial charge in [-0.3, -0.25) is 14.5 Å². The third kappa shape index (κ3) is 4.84. The molecule has 3 aromatic rings. The number of benzene rings is 2. The Kier molecular flexibility index (Phi) is 6.56. The Morgan fingerprint density at radius 3 is 2.56 bits per heavy atom. The molecule has 4 rings (SSSR count). The fourth-order valence-electron chi connectivity index (χ4n) is 4.01. The SMILES string of the molecule is CCOc1ccc(NC(=O)c2ccccc2NC(=O)CN2CCn3cccc3[C@@H]2C)cc1. The number of hydrogen-bond donors (Lipinski definition) is 2. The number of para-hydroxylation sites is 1. The van der Waals surface area contributed by atoms with Crippen molar-refractivity contribution in [3.8, 4) is 5.75 Å². The number of rotatable bonds is 7. The Balaban J connectivity index is 1.40. The minimum Gasteiger partial charge on any atom is -0.494 e. The molecule has 0 saturated carbocycles. The van der Waals surface area contributed by atoms with E-state index in [2.05, 4.69) is 39.3 Å². The molecule has 2 N–H and O–H groups in total. The van der Waals surface area contributed by atoms with Gasteiger partial charge in [0.1, 0.15) is 5.75 Å². The van der Waals surface area contributed by atoms with Crippen LogP contribution in [0.5, 0.6) is 5.75 Å². The van der Waals surface area contributed by atoms with Gasteiger partial charge in [-0.15, -0.1) is 0 Å². The lowest BCUT2D eigenvalue weighted by atomic mass is 10.1. The van der Waals surface area contributed by atoms with Gasteiger partial charge < -0.3 is 19.9 Å². The van der Waals surface area contributed by atoms with Gasteiger partial charge >= 0.3 is 0 Å². The third-order valence-electron chi connectivity index (χ3n) is 5.68. The zero-order valence-electron chi connectivity index (χ0n) is 18.4. The molecule has 1 aliphatic rings. The number of amides is 2. The van der Waals surface area contributed by atoms with Crippen molar-refractivity contribution in [2.24, 2.45) is 0 Å². The summed E-state index contributed by atoms with van der Waals surface area (Å²) in [5.41, 5.74) is 2.77. The van der Waals surface area contributed by atoms with Crippen LogP contribution in [-0.4, -0.2) is 41.0 Å². The minimum absolute atomic E-state index is 0.141. The number of carbonyl (C=O) groups excluding carboxylic acids is 2. The van der Waals surface area contributed by atoms with E-state index in [9.17, 15) is 9.59 Å². The predicted octanol–water partition coefficient (Wildman–Crippen LogP) is 4.15. The van der Waals surface area contributed by atoms with Crippen molar-refractivity contribution in [3.05, 3.63) is 78.1 Å². The minimum atomic E-state index is -0.283. The first-order valence-electron chi connectivity index (χ1n) is 10.9. The molecule has 1 aromatic heterocycles. The summed E-state index contributed by atoms with van der Waals surface area (Å²) in [4.78, 5) is 27.8. The van der Waals surface area contributed by atoms with E-state index in [4.69, 9.17) is 4.74 Å². The molecule has 0 bridgehead atoms. The number of aromatic nitrogens is 1. The molecule has 32 heavy (non-hydrogen) atoms. The molecule has 0 fully saturated rings. The molecule has 2 heterocycles. The van der Waals surface area contributed by atoms with Gasteiger partial charge in [0.2, 0.25) is 5.91 Å². The van der Waals surface area contributed by atoms with Crippen LogP contribution in [0.25, 0.3) is 0 Å². The number of nitrogens with one attached hydrogen (secondary N) is 2. The molecule has 166 valence electrons. The van der Waals surface area contributed by atoms with E-state index in [0.29, 0.717) is 23.5 Å². The summed E-state index contributed by atoms with van der Waals surface area (Å²) in [6.45, 7) is 6.54. The molecule has 1 aliphatic heterocycles. The summed E-state index contributed by atoms with van der Waals surface area (Å²) < 4.78 is 7.65. The average Bonchev–Trinajstić information content (AvgIpc) is 3.27. The quantitative estimate of drug-likeness (QED) is 0.588. The molecule has 0 saturated heterocycles. The molecule has 7 nitrogen and oxygen atoms in total. The maximum Gasteiger partial charge on any atom is 0.257 e. The first-order chi connectivity index (χ1) is 15.5. The lowest BCUT2D eigenvalue weighted by Gasteiger charge is -2.34. The highest BCUT2D eigenvalue weighted by atomic mass is 16.5. The number of anilines is 2. The molecule has 0 unspecified atom stereocenters. The van der Waals surface area contributed by atoms with E-state index in [1.165, 1.54) is 5.69 Å². The second-order valence-corrected chi connectivity index (χ2v) is 7.78. The number of nitrogens with zero attached hydrogens (tertiary/aromatic N) is 2. The number of hydrogen-bond acceptors (Lipinski definition) is 4. The van der Waals surface area contributed by atoms with Gasteiger partial charge in [0.05, 0.1) is 24.4 Å². The van der Waals surface area contributed by atoms with Gasteiger partial charge in [-0.1, -0.05) is 12.1 Å². The largest absolute Gasteiger partial charge is 0.494 e. The highest BCUT2D eigenvalue weighted by Crippen LogP contribution is 2.25. The highest BCUT2D eigenvalue weighted by Gasteiger charge is 2.25. The van der Waals surface area contributed by atoms with Gasteiger partial charge in [-0.25, -0.2) is 0 Å². The molecule has 1 atom stereocenters. The summed E-state index contributed by atoms with van der Waals surface area (Å²) in [7, 11) is 0. The van der Waals surface area contributed by atoms with Gasteiger partial charge in [-0.2, -0.15) is 0 Å². The fourth-order valence-corrected chi connectivity index (χ4v) is 4.01. The standard InChI is InChI=1S/C25H28N4O3/c1-3-32-20-12-10-19(11-13-20)26-25(31)21-7-4-5-8-22(21)27-24(30)17-29-16-15-28-14-6-9-23(28)18(29)2/h4-14,18H,3,15-17H2,1-2H3,(H,26,31)(H,27,30)/t18-/m0/s1. The Morgan fingerprint density at radius 2 is 1.78 bits per heavy atom. The van der Waals surface area contributed by atoms with Gasteiger partial charge in [0.25, 0.3) is 5.91 Å². The molecular weight excluding hydrogens is 404 g/mol. The summed E-state index contributed by atoms with van der Waals surface area (Å²) in [5.74, 6) is 0.324. The van der Waals surface area contributed by atoms with Crippen molar-refractivity contribution in [2.45, 2.75) is 26.4 Å². The Morgan fingerprint density at radius 1 is 1.00 bits per heavy atom. The van der Waals surface area contributed by atoms with Crippen molar-refractivity contribution in [1.82, 2.24) is 9.47 Å². The van der Waals surface area contributed by atoms with Crippen molar-refractivity contribution < 1.29 is 14.3 Å². The van der Waals surface area contributed by atoms with E-state index < -0.39 is 0 Å². The Hall–Kier alpha value is -3.58. The zero-order valence-corrected chi connectivity index (χ0v) is 18.4. The topological polar surface area (TPSA) is 75.6 Å². The normalized spacial score (nSPS) is 15.6. The monoisotopic (exact) mass is 432 g/mol. The number of ether oxygens (including phenoxy) is 1. The molecule has 2 amide bonds. The van der Waals surface area contributed by atoms with Crippen LogP contribution in [0, 0.1) is 0 Å². The van der Waals surface area contributed by atoms with Crippen molar-refractivity contribution in [2.75, 3.05) is 30.3 Å². The highest BCUT2D eigenvalue weighted by molar-refractivity contribution is 6.10. The maximum absolute atomic E-state index is 12.9. The fraction of sp³-hybridized carbons (Fsp3) is 0.280. The molecule has 0 aliphatic carbocycles. The lowest BCUT2D eigenvalue weighted by Crippen LogP contribution is -2.41. The first-order valence-corrected chi connectivity index (χ1v) is 10.9. The Bertz CT molecular complexity index is 1090. The zero-order chi connectivity index (χ0) is 22.5. The van der Waals surface area contributed by atoms with E-state index in [1.54, 1.807) is 36.4 Å². The first kappa shape index (κ1) is 21.6. The maximum atomic E-state index is 12.9. The summed E-state index contributed by atoms with van der Waals surface area (Å²) >= 11 is 0. The van der Waals surface area contributed by atoms with E-state index in [-0.39, 0.29) is 24.4 Å². The van der Waals surface area contributed by atoms with Crippen molar-refractivity contribution in [3.63, 3.8) is 0 Å². The Labute approximate surface area is 188 Å². The number of carbonyl (C=O) groups is 2. The predicted molar refractivity (Wildman–Crippen MR) is 125 cm³/mol. The molecule has 0 radical (unpaired) electrons. The van der Waals surface area contributed by atoms with Crippen molar-refractivity contribution in [1.29, 1.82) is 0 Å². The average molecular weight is 433 g/mol. The molecule has 2 aromatic carbocycles. The van der Waals surface area contributed by atoms with Crippen LogP contribution in [0.3, 0.4) is 0 Å². The van der Waals surface area contributed by atoms with E-state index >= 15 is 0 Å². The van der Waals surface area contributed by atoms with Gasteiger partial charge in [-0.05, 0) is 62.4 Å². The second kappa shape index (κ2) is 9.70. The third-order valence-corrected chi connectivity index (χ3v) is 5.68. The molecule has 7 heteroatoms. The van der Waals surface area contributed by atoms with E-state index in [0.717, 1.165) is 18.8 Å². The summed E-state index contributed by atoms with van der Waals surface area (Å²) in [6, 6.07) is 18.5. The van der Waals surface area contributed by atoms with Gasteiger partial charge in [0.15, 0.2) is 0 Å². The van der Waals surface area contributed by atoms with E-state index in [1.807, 2.05) is 25.1 Å². The molecule has 0 spiro atoms. The lowest BCUT2D eigenvalue weighted by molar-refractivity contribution is -0.118. The van der Waals surface area contributed by atoms with Gasteiger partial charge in [0, 0.05) is 36.7 Å². The summed E-state index contributed by atoms with van der Waals surface area (Å²) in [6.07, 6.45) is 2.07. The van der Waals surface area contributed by atoms with Crippen LogP contribution < -0.4 is 15.4 Å². The van der Waals surface area contributed by atoms with Crippen LogP contribution in [-0.2, 0) is 11.3 Å². The van der Waals surface area contributed by atoms with Crippen molar-refractivity contribution >= 4 is 23.2 Å². The van der Waals surface area contributed by atoms with Crippen LogP contribution in [0.2, 0.25) is 0 Å². The van der Waals surface area contributed by atoms with Crippen LogP contribution >= 0.6 is 0 Å². The second-order valence-electron chi connectivity index (χ2n) is 7.78. The number of fused-ring (bicyclic) bond motifs is 1.